The summed E-state index contributed by atoms with van der Waals surface area (Å²) < 4.78 is 0. The van der Waals surface area contributed by atoms with E-state index in [-0.39, 0.29) is 5.41 Å². The molecule has 2 atom stereocenters. The Morgan fingerprint density at radius 1 is 1.40 bits per heavy atom. The van der Waals surface area contributed by atoms with Crippen LogP contribution in [0.1, 0.15) is 30.9 Å². The number of hydrogen-bond acceptors (Lipinski definition) is 2. The molecular formula is C13H19NO. The van der Waals surface area contributed by atoms with Crippen molar-refractivity contribution in [3.8, 4) is 5.75 Å². The van der Waals surface area contributed by atoms with E-state index in [9.17, 15) is 5.11 Å². The Balaban J connectivity index is 2.29. The minimum absolute atomic E-state index is 0.288. The van der Waals surface area contributed by atoms with Crippen LogP contribution in [0.15, 0.2) is 18.2 Å². The summed E-state index contributed by atoms with van der Waals surface area (Å²) in [5.41, 5.74) is 8.18. The number of benzene rings is 1. The van der Waals surface area contributed by atoms with E-state index in [1.54, 1.807) is 0 Å². The molecule has 1 fully saturated rings. The monoisotopic (exact) mass is 205 g/mol. The maximum atomic E-state index is 9.67. The van der Waals surface area contributed by atoms with Gasteiger partial charge in [-0.1, -0.05) is 26.0 Å². The normalized spacial score (nSPS) is 27.7. The average Bonchev–Trinajstić information content (AvgIpc) is 2.73. The highest BCUT2D eigenvalue weighted by Crippen LogP contribution is 2.64. The molecule has 0 spiro atoms. The first-order chi connectivity index (χ1) is 6.98. The number of phenolic OH excluding ortho intramolecular Hbond substituents is 1. The van der Waals surface area contributed by atoms with Crippen LogP contribution in [0, 0.1) is 18.3 Å². The van der Waals surface area contributed by atoms with Gasteiger partial charge in [-0.05, 0) is 47.9 Å². The molecule has 0 unspecified atom stereocenters. The smallest absolute Gasteiger partial charge is 0.118 e. The fourth-order valence-electron chi connectivity index (χ4n) is 2.67. The van der Waals surface area contributed by atoms with Gasteiger partial charge in [0.2, 0.25) is 0 Å². The van der Waals surface area contributed by atoms with Gasteiger partial charge in [-0.15, -0.1) is 0 Å². The average molecular weight is 205 g/mol. The summed E-state index contributed by atoms with van der Waals surface area (Å²) >= 11 is 0. The van der Waals surface area contributed by atoms with Crippen LogP contribution >= 0.6 is 0 Å². The Bertz CT molecular complexity index is 384. The van der Waals surface area contributed by atoms with E-state index in [0.717, 1.165) is 12.1 Å². The Morgan fingerprint density at radius 2 is 2.07 bits per heavy atom. The summed E-state index contributed by atoms with van der Waals surface area (Å²) in [6.07, 6.45) is 0. The van der Waals surface area contributed by atoms with Gasteiger partial charge in [-0.2, -0.15) is 0 Å². The van der Waals surface area contributed by atoms with Gasteiger partial charge in [0.25, 0.3) is 0 Å². The number of nitrogens with two attached hydrogens (primary N) is 1. The molecule has 3 N–H and O–H groups in total. The van der Waals surface area contributed by atoms with E-state index in [1.807, 2.05) is 19.1 Å². The zero-order valence-corrected chi connectivity index (χ0v) is 9.62. The highest BCUT2D eigenvalue weighted by Gasteiger charge is 2.57. The number of hydrogen-bond donors (Lipinski definition) is 2. The first-order valence-corrected chi connectivity index (χ1v) is 5.48. The molecule has 0 heterocycles. The van der Waals surface area contributed by atoms with Crippen molar-refractivity contribution in [3.63, 3.8) is 0 Å². The second-order valence-corrected chi connectivity index (χ2v) is 5.19. The van der Waals surface area contributed by atoms with E-state index < -0.39 is 0 Å². The molecule has 1 saturated carbocycles. The van der Waals surface area contributed by atoms with Gasteiger partial charge < -0.3 is 10.8 Å². The lowest BCUT2D eigenvalue weighted by Gasteiger charge is -2.05. The summed E-state index contributed by atoms with van der Waals surface area (Å²) in [5.74, 6) is 1.46. The molecule has 1 aliphatic carbocycles. The molecule has 0 aliphatic heterocycles. The maximum absolute atomic E-state index is 9.67. The standard InChI is InChI=1S/C13H19NO/c1-8-4-5-9(6-11(8)15)12-10(7-14)13(12,2)3/h4-6,10,12,15H,7,14H2,1-3H3/t10-,12-/m1/s1. The van der Waals surface area contributed by atoms with Gasteiger partial charge in [0.1, 0.15) is 5.75 Å². The van der Waals surface area contributed by atoms with Crippen molar-refractivity contribution < 1.29 is 5.11 Å². The second kappa shape index (κ2) is 3.24. The first-order valence-electron chi connectivity index (χ1n) is 5.48. The molecule has 1 aromatic carbocycles. The lowest BCUT2D eigenvalue weighted by Crippen LogP contribution is -2.05. The lowest BCUT2D eigenvalue weighted by atomic mass is 10.0. The van der Waals surface area contributed by atoms with Gasteiger partial charge in [0.05, 0.1) is 0 Å². The van der Waals surface area contributed by atoms with Crippen LogP contribution in [0.4, 0.5) is 0 Å². The van der Waals surface area contributed by atoms with E-state index in [2.05, 4.69) is 19.9 Å². The predicted octanol–water partition coefficient (Wildman–Crippen LogP) is 2.40. The van der Waals surface area contributed by atoms with Gasteiger partial charge in [-0.25, -0.2) is 0 Å². The molecule has 0 radical (unpaired) electrons. The SMILES string of the molecule is Cc1ccc([C@@H]2[C@@H](CN)C2(C)C)cc1O. The number of rotatable bonds is 2. The molecule has 2 heteroatoms. The Labute approximate surface area is 91.1 Å². The summed E-state index contributed by atoms with van der Waals surface area (Å²) in [6, 6.07) is 5.97. The molecule has 2 nitrogen and oxygen atoms in total. The van der Waals surface area contributed by atoms with Gasteiger partial charge in [-0.3, -0.25) is 0 Å². The number of aromatic hydroxyl groups is 1. The van der Waals surface area contributed by atoms with Gasteiger partial charge >= 0.3 is 0 Å². The summed E-state index contributed by atoms with van der Waals surface area (Å²) in [6.45, 7) is 7.13. The molecule has 0 saturated heterocycles. The minimum Gasteiger partial charge on any atom is -0.508 e. The van der Waals surface area contributed by atoms with Crippen molar-refractivity contribution in [2.45, 2.75) is 26.7 Å². The van der Waals surface area contributed by atoms with Crippen molar-refractivity contribution in [3.05, 3.63) is 29.3 Å². The van der Waals surface area contributed by atoms with Crippen molar-refractivity contribution in [1.82, 2.24) is 0 Å². The van der Waals surface area contributed by atoms with E-state index in [1.165, 1.54) is 5.56 Å². The Hall–Kier alpha value is -1.02. The van der Waals surface area contributed by atoms with Crippen molar-refractivity contribution in [2.75, 3.05) is 6.54 Å². The molecule has 1 aliphatic rings. The Kier molecular flexibility index (Phi) is 2.27. The van der Waals surface area contributed by atoms with Crippen LogP contribution in [0.5, 0.6) is 5.75 Å². The molecule has 1 aromatic rings. The second-order valence-electron chi connectivity index (χ2n) is 5.19. The van der Waals surface area contributed by atoms with Crippen molar-refractivity contribution >= 4 is 0 Å². The summed E-state index contributed by atoms with van der Waals surface area (Å²) in [7, 11) is 0. The summed E-state index contributed by atoms with van der Waals surface area (Å²) in [4.78, 5) is 0. The highest BCUT2D eigenvalue weighted by molar-refractivity contribution is 5.41. The molecule has 0 aromatic heterocycles. The van der Waals surface area contributed by atoms with Crippen molar-refractivity contribution in [1.29, 1.82) is 0 Å². The van der Waals surface area contributed by atoms with Crippen LogP contribution in [0.3, 0.4) is 0 Å². The minimum atomic E-state index is 0.288. The molecule has 0 amide bonds. The van der Waals surface area contributed by atoms with E-state index in [4.69, 9.17) is 5.73 Å². The van der Waals surface area contributed by atoms with Crippen molar-refractivity contribution in [2.24, 2.45) is 17.1 Å². The highest BCUT2D eigenvalue weighted by atomic mass is 16.3. The fraction of sp³-hybridized carbons (Fsp3) is 0.538. The lowest BCUT2D eigenvalue weighted by molar-refractivity contribution is 0.470. The van der Waals surface area contributed by atoms with Gasteiger partial charge in [0, 0.05) is 0 Å². The largest absolute Gasteiger partial charge is 0.508 e. The van der Waals surface area contributed by atoms with E-state index >= 15 is 0 Å². The quantitative estimate of drug-likeness (QED) is 0.778. The predicted molar refractivity (Wildman–Crippen MR) is 61.9 cm³/mol. The maximum Gasteiger partial charge on any atom is 0.118 e. The first kappa shape index (κ1) is 10.5. The topological polar surface area (TPSA) is 46.2 Å². The third-order valence-corrected chi connectivity index (χ3v) is 3.90. The molecule has 2 rings (SSSR count). The van der Waals surface area contributed by atoms with Crippen LogP contribution in [-0.2, 0) is 0 Å². The molecular weight excluding hydrogens is 186 g/mol. The molecule has 82 valence electrons. The number of aryl methyl sites for hydroxylation is 1. The zero-order chi connectivity index (χ0) is 11.2. The third kappa shape index (κ3) is 1.53. The zero-order valence-electron chi connectivity index (χ0n) is 9.62. The third-order valence-electron chi connectivity index (χ3n) is 3.90. The summed E-state index contributed by atoms with van der Waals surface area (Å²) in [5, 5.41) is 9.67. The van der Waals surface area contributed by atoms with Gasteiger partial charge in [0.15, 0.2) is 0 Å². The van der Waals surface area contributed by atoms with Crippen LogP contribution < -0.4 is 5.73 Å². The van der Waals surface area contributed by atoms with E-state index in [0.29, 0.717) is 17.6 Å². The van der Waals surface area contributed by atoms with Crippen LogP contribution in [-0.4, -0.2) is 11.7 Å². The van der Waals surface area contributed by atoms with Crippen LogP contribution in [0.2, 0.25) is 0 Å². The van der Waals surface area contributed by atoms with Crippen LogP contribution in [0.25, 0.3) is 0 Å². The number of phenols is 1. The molecule has 15 heavy (non-hydrogen) atoms. The molecule has 0 bridgehead atoms. The fourth-order valence-corrected chi connectivity index (χ4v) is 2.67. The Morgan fingerprint density at radius 3 is 2.53 bits per heavy atom.